The molecule has 2 rings (SSSR count). The first-order valence-corrected chi connectivity index (χ1v) is 7.74. The van der Waals surface area contributed by atoms with Crippen LogP contribution in [0.25, 0.3) is 6.08 Å². The molecule has 0 unspecified atom stereocenters. The maximum absolute atomic E-state index is 12.4. The van der Waals surface area contributed by atoms with Crippen molar-refractivity contribution in [3.8, 4) is 0 Å². The first kappa shape index (κ1) is 14.2. The molecule has 96 valence electrons. The summed E-state index contributed by atoms with van der Waals surface area (Å²) in [6.45, 7) is 0. The van der Waals surface area contributed by atoms with Gasteiger partial charge in [0.25, 0.3) is 0 Å². The topological polar surface area (TPSA) is 17.1 Å². The average Bonchev–Trinajstić information content (AvgIpc) is 2.46. The van der Waals surface area contributed by atoms with Crippen LogP contribution in [0.3, 0.4) is 0 Å². The Bertz CT molecular complexity index is 586. The van der Waals surface area contributed by atoms with Crippen molar-refractivity contribution in [1.29, 1.82) is 0 Å². The number of ketones is 1. The van der Waals surface area contributed by atoms with E-state index in [0.29, 0.717) is 10.9 Å². The third-order valence-electron chi connectivity index (χ3n) is 2.68. The molecule has 0 bridgehead atoms. The van der Waals surface area contributed by atoms with Crippen LogP contribution in [-0.2, 0) is 0 Å². The zero-order valence-corrected chi connectivity index (χ0v) is 13.3. The highest BCUT2D eigenvalue weighted by atomic mass is 79.9. The van der Waals surface area contributed by atoms with E-state index in [1.54, 1.807) is 0 Å². The molecule has 0 spiro atoms. The third kappa shape index (κ3) is 3.88. The summed E-state index contributed by atoms with van der Waals surface area (Å²) in [5.41, 5.74) is 2.47. The molecule has 3 heteroatoms. The van der Waals surface area contributed by atoms with Crippen molar-refractivity contribution in [2.45, 2.75) is 0 Å². The van der Waals surface area contributed by atoms with Crippen LogP contribution in [0.4, 0.5) is 0 Å². The lowest BCUT2D eigenvalue weighted by atomic mass is 10.0. The maximum atomic E-state index is 12.4. The smallest absolute Gasteiger partial charge is 0.189 e. The minimum atomic E-state index is 0.0493. The molecule has 0 saturated heterocycles. The van der Waals surface area contributed by atoms with Gasteiger partial charge in [0.05, 0.1) is 0 Å². The molecule has 0 radical (unpaired) electrons. The molecule has 0 aliphatic heterocycles. The summed E-state index contributed by atoms with van der Waals surface area (Å²) in [5, 5.41) is 0.538. The van der Waals surface area contributed by atoms with Crippen LogP contribution in [0, 0.1) is 0 Å². The molecule has 0 saturated carbocycles. The largest absolute Gasteiger partial charge is 0.289 e. The number of halogens is 2. The molecule has 0 heterocycles. The van der Waals surface area contributed by atoms with E-state index in [4.69, 9.17) is 0 Å². The van der Waals surface area contributed by atoms with Gasteiger partial charge in [-0.1, -0.05) is 62.2 Å². The van der Waals surface area contributed by atoms with Gasteiger partial charge in [0.15, 0.2) is 5.78 Å². The fourth-order valence-electron chi connectivity index (χ4n) is 1.70. The maximum Gasteiger partial charge on any atom is 0.189 e. The van der Waals surface area contributed by atoms with Crippen molar-refractivity contribution in [2.24, 2.45) is 0 Å². The summed E-state index contributed by atoms with van der Waals surface area (Å²) in [7, 11) is 0. The van der Waals surface area contributed by atoms with Crippen LogP contribution in [0.1, 0.15) is 15.9 Å². The number of Topliss-reactive ketones (excluding diaryl/α,β-unsaturated/α-hetero) is 1. The minimum absolute atomic E-state index is 0.0493. The van der Waals surface area contributed by atoms with Crippen molar-refractivity contribution < 1.29 is 4.79 Å². The molecule has 0 N–H and O–H groups in total. The van der Waals surface area contributed by atoms with Crippen LogP contribution >= 0.6 is 31.9 Å². The molecule has 0 amide bonds. The van der Waals surface area contributed by atoms with Crippen LogP contribution in [-0.4, -0.2) is 11.1 Å². The Morgan fingerprint density at radius 3 is 2.21 bits per heavy atom. The second-order valence-electron chi connectivity index (χ2n) is 4.05. The Balaban J connectivity index is 2.29. The van der Waals surface area contributed by atoms with E-state index in [1.807, 2.05) is 60.7 Å². The van der Waals surface area contributed by atoms with Gasteiger partial charge in [0, 0.05) is 20.9 Å². The lowest BCUT2D eigenvalue weighted by Crippen LogP contribution is -2.04. The number of carbonyl (C=O) groups is 1. The lowest BCUT2D eigenvalue weighted by Gasteiger charge is -2.04. The van der Waals surface area contributed by atoms with E-state index in [1.165, 1.54) is 0 Å². The lowest BCUT2D eigenvalue weighted by molar-refractivity contribution is 0.103. The van der Waals surface area contributed by atoms with Crippen LogP contribution < -0.4 is 0 Å². The van der Waals surface area contributed by atoms with Gasteiger partial charge >= 0.3 is 0 Å². The number of hydrogen-bond acceptors (Lipinski definition) is 1. The van der Waals surface area contributed by atoms with E-state index in [-0.39, 0.29) is 5.78 Å². The second kappa shape index (κ2) is 6.83. The molecule has 0 aliphatic rings. The Morgan fingerprint density at radius 2 is 1.63 bits per heavy atom. The van der Waals surface area contributed by atoms with Gasteiger partial charge in [-0.25, -0.2) is 0 Å². The summed E-state index contributed by atoms with van der Waals surface area (Å²) in [6.07, 6.45) is 1.92. The van der Waals surface area contributed by atoms with Gasteiger partial charge in [-0.2, -0.15) is 0 Å². The molecule has 0 atom stereocenters. The highest BCUT2D eigenvalue weighted by molar-refractivity contribution is 9.10. The van der Waals surface area contributed by atoms with Crippen molar-refractivity contribution in [3.05, 3.63) is 75.8 Å². The van der Waals surface area contributed by atoms with Crippen molar-refractivity contribution in [1.82, 2.24) is 0 Å². The van der Waals surface area contributed by atoms with Crippen molar-refractivity contribution >= 4 is 43.7 Å². The van der Waals surface area contributed by atoms with Gasteiger partial charge in [-0.05, 0) is 35.9 Å². The van der Waals surface area contributed by atoms with Gasteiger partial charge in [0.2, 0.25) is 0 Å². The molecular weight excluding hydrogens is 368 g/mol. The molecule has 19 heavy (non-hydrogen) atoms. The van der Waals surface area contributed by atoms with Gasteiger partial charge in [0.1, 0.15) is 0 Å². The van der Waals surface area contributed by atoms with Crippen LogP contribution in [0.5, 0.6) is 0 Å². The minimum Gasteiger partial charge on any atom is -0.289 e. The number of alkyl halides is 1. The zero-order chi connectivity index (χ0) is 13.7. The summed E-state index contributed by atoms with van der Waals surface area (Å²) in [5.74, 6) is 0.0493. The number of carbonyl (C=O) groups excluding carboxylic acids is 1. The normalized spacial score (nSPS) is 11.4. The Kier molecular flexibility index (Phi) is 5.11. The molecule has 0 fully saturated rings. The van der Waals surface area contributed by atoms with E-state index in [9.17, 15) is 4.79 Å². The van der Waals surface area contributed by atoms with Crippen LogP contribution in [0.2, 0.25) is 0 Å². The van der Waals surface area contributed by atoms with Gasteiger partial charge in [-0.15, -0.1) is 0 Å². The summed E-state index contributed by atoms with van der Waals surface area (Å²) >= 11 is 6.75. The first-order chi connectivity index (χ1) is 9.20. The molecule has 0 aromatic heterocycles. The number of benzene rings is 2. The van der Waals surface area contributed by atoms with E-state index >= 15 is 0 Å². The van der Waals surface area contributed by atoms with E-state index in [2.05, 4.69) is 31.9 Å². The summed E-state index contributed by atoms with van der Waals surface area (Å²) in [4.78, 5) is 12.4. The Morgan fingerprint density at radius 1 is 1.00 bits per heavy atom. The van der Waals surface area contributed by atoms with Gasteiger partial charge < -0.3 is 0 Å². The Labute approximate surface area is 129 Å². The summed E-state index contributed by atoms with van der Waals surface area (Å²) in [6, 6.07) is 17.3. The molecule has 2 aromatic carbocycles. The first-order valence-electron chi connectivity index (χ1n) is 5.82. The monoisotopic (exact) mass is 378 g/mol. The molecule has 1 nitrogen and oxygen atoms in total. The predicted octanol–water partition coefficient (Wildman–Crippen LogP) is 5.11. The van der Waals surface area contributed by atoms with E-state index in [0.717, 1.165) is 15.6 Å². The zero-order valence-electron chi connectivity index (χ0n) is 10.1. The average molecular weight is 380 g/mol. The van der Waals surface area contributed by atoms with Crippen molar-refractivity contribution in [3.63, 3.8) is 0 Å². The van der Waals surface area contributed by atoms with Crippen molar-refractivity contribution in [2.75, 3.05) is 5.33 Å². The third-order valence-corrected chi connectivity index (χ3v) is 3.82. The second-order valence-corrected chi connectivity index (χ2v) is 5.53. The molecule has 0 aliphatic carbocycles. The fraction of sp³-hybridized carbons (Fsp3) is 0.0625. The van der Waals surface area contributed by atoms with E-state index < -0.39 is 0 Å². The number of rotatable bonds is 4. The quantitative estimate of drug-likeness (QED) is 0.409. The Hall–Kier alpha value is -1.19. The van der Waals surface area contributed by atoms with Gasteiger partial charge in [-0.3, -0.25) is 4.79 Å². The highest BCUT2D eigenvalue weighted by Crippen LogP contribution is 2.17. The SMILES string of the molecule is O=C(C(=Cc1ccccc1)CBr)c1ccc(Br)cc1. The molecular formula is C16H12Br2O. The summed E-state index contributed by atoms with van der Waals surface area (Å²) < 4.78 is 0.969. The standard InChI is InChI=1S/C16H12Br2O/c17-11-14(10-12-4-2-1-3-5-12)16(19)13-6-8-15(18)9-7-13/h1-10H,11H2. The number of allylic oxidation sites excluding steroid dienone is 1. The predicted molar refractivity (Wildman–Crippen MR) is 86.7 cm³/mol. The molecule has 2 aromatic rings. The number of hydrogen-bond donors (Lipinski definition) is 0. The highest BCUT2D eigenvalue weighted by Gasteiger charge is 2.11. The fourth-order valence-corrected chi connectivity index (χ4v) is 2.38. The van der Waals surface area contributed by atoms with Crippen LogP contribution in [0.15, 0.2) is 64.6 Å².